The molecule has 0 bridgehead atoms. The van der Waals surface area contributed by atoms with E-state index in [4.69, 9.17) is 4.74 Å². The molecule has 1 saturated heterocycles. The zero-order chi connectivity index (χ0) is 19.9. The van der Waals surface area contributed by atoms with Crippen molar-refractivity contribution in [2.75, 3.05) is 38.2 Å². The Morgan fingerprint density at radius 2 is 1.86 bits per heavy atom. The summed E-state index contributed by atoms with van der Waals surface area (Å²) in [7, 11) is 1.37. The average molecular weight is 389 g/mol. The van der Waals surface area contributed by atoms with Crippen LogP contribution in [-0.4, -0.2) is 55.7 Å². The van der Waals surface area contributed by atoms with E-state index in [0.717, 1.165) is 5.69 Å². The summed E-state index contributed by atoms with van der Waals surface area (Å²) in [5, 5.41) is 0. The van der Waals surface area contributed by atoms with Gasteiger partial charge in [-0.2, -0.15) is 8.78 Å². The van der Waals surface area contributed by atoms with Gasteiger partial charge < -0.3 is 19.3 Å². The van der Waals surface area contributed by atoms with Gasteiger partial charge in [-0.1, -0.05) is 12.1 Å². The monoisotopic (exact) mass is 389 g/mol. The Morgan fingerprint density at radius 3 is 2.50 bits per heavy atom. The predicted octanol–water partition coefficient (Wildman–Crippen LogP) is 3.05. The van der Waals surface area contributed by atoms with E-state index in [1.807, 2.05) is 12.1 Å². The number of alkyl halides is 2. The number of hydrogen-bond acceptors (Lipinski definition) is 5. The zero-order valence-electron chi connectivity index (χ0n) is 15.4. The second-order valence-electron chi connectivity index (χ2n) is 6.11. The van der Waals surface area contributed by atoms with Crippen LogP contribution in [0.2, 0.25) is 0 Å². The van der Waals surface area contributed by atoms with Gasteiger partial charge in [0.1, 0.15) is 0 Å². The standard InChI is InChI=1S/C20H21F2N3O3/c1-27-17-4-2-3-15(19(17)28-20(21)22)5-6-18(26)25-13-11-24(12-14-25)16-7-9-23-10-8-16/h2-10,20H,11-14H2,1H3/b6-5+. The molecule has 0 atom stereocenters. The highest BCUT2D eigenvalue weighted by atomic mass is 19.3. The summed E-state index contributed by atoms with van der Waals surface area (Å²) >= 11 is 0. The van der Waals surface area contributed by atoms with Crippen LogP contribution in [0.5, 0.6) is 11.5 Å². The van der Waals surface area contributed by atoms with Crippen molar-refractivity contribution in [2.45, 2.75) is 6.61 Å². The Morgan fingerprint density at radius 1 is 1.14 bits per heavy atom. The molecule has 1 aliphatic rings. The molecule has 0 aliphatic carbocycles. The van der Waals surface area contributed by atoms with E-state index in [2.05, 4.69) is 14.6 Å². The zero-order valence-corrected chi connectivity index (χ0v) is 15.4. The van der Waals surface area contributed by atoms with Gasteiger partial charge in [-0.05, 0) is 24.3 Å². The fraction of sp³-hybridized carbons (Fsp3) is 0.300. The summed E-state index contributed by atoms with van der Waals surface area (Å²) in [4.78, 5) is 20.4. The lowest BCUT2D eigenvalue weighted by Gasteiger charge is -2.35. The number of nitrogens with zero attached hydrogens (tertiary/aromatic N) is 3. The molecule has 0 unspecified atom stereocenters. The Kier molecular flexibility index (Phi) is 6.41. The first kappa shape index (κ1) is 19.6. The van der Waals surface area contributed by atoms with E-state index in [9.17, 15) is 13.6 Å². The van der Waals surface area contributed by atoms with Crippen LogP contribution in [0, 0.1) is 0 Å². The third-order valence-electron chi connectivity index (χ3n) is 4.46. The maximum absolute atomic E-state index is 12.7. The maximum Gasteiger partial charge on any atom is 0.387 e. The lowest BCUT2D eigenvalue weighted by molar-refractivity contribution is -0.126. The summed E-state index contributed by atoms with van der Waals surface area (Å²) in [6.07, 6.45) is 6.32. The molecule has 148 valence electrons. The van der Waals surface area contributed by atoms with Crippen LogP contribution in [0.3, 0.4) is 0 Å². The molecule has 1 amide bonds. The van der Waals surface area contributed by atoms with E-state index in [1.165, 1.54) is 25.3 Å². The van der Waals surface area contributed by atoms with Gasteiger partial charge in [0.25, 0.3) is 0 Å². The van der Waals surface area contributed by atoms with Crippen molar-refractivity contribution < 1.29 is 23.0 Å². The third-order valence-corrected chi connectivity index (χ3v) is 4.46. The number of anilines is 1. The molecule has 1 aromatic heterocycles. The van der Waals surface area contributed by atoms with Gasteiger partial charge in [-0.15, -0.1) is 0 Å². The fourth-order valence-electron chi connectivity index (χ4n) is 3.05. The molecule has 1 aromatic carbocycles. The molecular weight excluding hydrogens is 368 g/mol. The van der Waals surface area contributed by atoms with Crippen molar-refractivity contribution in [1.29, 1.82) is 0 Å². The first-order chi connectivity index (χ1) is 13.6. The smallest absolute Gasteiger partial charge is 0.387 e. The molecule has 28 heavy (non-hydrogen) atoms. The van der Waals surface area contributed by atoms with Gasteiger partial charge in [-0.25, -0.2) is 0 Å². The Hall–Kier alpha value is -3.16. The Bertz CT molecular complexity index is 823. The molecule has 3 rings (SSSR count). The number of benzene rings is 1. The number of para-hydroxylation sites is 1. The lowest BCUT2D eigenvalue weighted by Crippen LogP contribution is -2.48. The van der Waals surface area contributed by atoms with E-state index >= 15 is 0 Å². The number of carbonyl (C=O) groups is 1. The molecular formula is C20H21F2N3O3. The molecule has 0 spiro atoms. The number of rotatable bonds is 6. The van der Waals surface area contributed by atoms with Crippen molar-refractivity contribution in [3.8, 4) is 11.5 Å². The van der Waals surface area contributed by atoms with Gasteiger partial charge in [-0.3, -0.25) is 9.78 Å². The van der Waals surface area contributed by atoms with Crippen LogP contribution in [-0.2, 0) is 4.79 Å². The summed E-state index contributed by atoms with van der Waals surface area (Å²) in [6, 6.07) is 8.63. The van der Waals surface area contributed by atoms with Crippen LogP contribution in [0.15, 0.2) is 48.8 Å². The van der Waals surface area contributed by atoms with Crippen molar-refractivity contribution in [3.63, 3.8) is 0 Å². The molecule has 0 saturated carbocycles. The van der Waals surface area contributed by atoms with Gasteiger partial charge in [0.2, 0.25) is 5.91 Å². The highest BCUT2D eigenvalue weighted by Crippen LogP contribution is 2.33. The fourth-order valence-corrected chi connectivity index (χ4v) is 3.05. The number of aromatic nitrogens is 1. The van der Waals surface area contributed by atoms with E-state index in [1.54, 1.807) is 29.4 Å². The number of carbonyl (C=O) groups excluding carboxylic acids is 1. The van der Waals surface area contributed by atoms with Crippen LogP contribution >= 0.6 is 0 Å². The van der Waals surface area contributed by atoms with Gasteiger partial charge >= 0.3 is 6.61 Å². The van der Waals surface area contributed by atoms with Crippen molar-refractivity contribution >= 4 is 17.7 Å². The van der Waals surface area contributed by atoms with Crippen LogP contribution in [0.1, 0.15) is 5.56 Å². The van der Waals surface area contributed by atoms with E-state index in [0.29, 0.717) is 31.7 Å². The minimum Gasteiger partial charge on any atom is -0.493 e. The van der Waals surface area contributed by atoms with Gasteiger partial charge in [0, 0.05) is 55.9 Å². The van der Waals surface area contributed by atoms with Crippen LogP contribution < -0.4 is 14.4 Å². The number of methoxy groups -OCH3 is 1. The summed E-state index contributed by atoms with van der Waals surface area (Å²) in [5.74, 6) is -0.0902. The topological polar surface area (TPSA) is 54.9 Å². The molecule has 2 heterocycles. The highest BCUT2D eigenvalue weighted by molar-refractivity contribution is 5.92. The normalized spacial score (nSPS) is 14.6. The van der Waals surface area contributed by atoms with E-state index < -0.39 is 6.61 Å². The molecule has 0 N–H and O–H groups in total. The lowest BCUT2D eigenvalue weighted by atomic mass is 10.1. The molecule has 1 aliphatic heterocycles. The Labute approximate surface area is 162 Å². The van der Waals surface area contributed by atoms with Crippen LogP contribution in [0.25, 0.3) is 6.08 Å². The first-order valence-electron chi connectivity index (χ1n) is 8.82. The molecule has 6 nitrogen and oxygen atoms in total. The summed E-state index contributed by atoms with van der Waals surface area (Å²) in [6.45, 7) is -0.417. The number of halogens is 2. The number of ether oxygens (including phenoxy) is 2. The average Bonchev–Trinajstić information content (AvgIpc) is 2.73. The second kappa shape index (κ2) is 9.16. The van der Waals surface area contributed by atoms with E-state index in [-0.39, 0.29) is 17.4 Å². The Balaban J connectivity index is 1.65. The molecule has 0 radical (unpaired) electrons. The number of hydrogen-bond donors (Lipinski definition) is 0. The van der Waals surface area contributed by atoms with Crippen molar-refractivity contribution in [2.24, 2.45) is 0 Å². The minimum absolute atomic E-state index is 0.0912. The second-order valence-corrected chi connectivity index (χ2v) is 6.11. The SMILES string of the molecule is COc1cccc(/C=C/C(=O)N2CCN(c3ccncc3)CC2)c1OC(F)F. The quantitative estimate of drug-likeness (QED) is 0.711. The largest absolute Gasteiger partial charge is 0.493 e. The molecule has 1 fully saturated rings. The number of pyridine rings is 1. The number of amides is 1. The highest BCUT2D eigenvalue weighted by Gasteiger charge is 2.20. The maximum atomic E-state index is 12.7. The minimum atomic E-state index is -2.99. The third kappa shape index (κ3) is 4.76. The van der Waals surface area contributed by atoms with Crippen LogP contribution in [0.4, 0.5) is 14.5 Å². The number of piperazine rings is 1. The van der Waals surface area contributed by atoms with Gasteiger partial charge in [0.15, 0.2) is 11.5 Å². The summed E-state index contributed by atoms with van der Waals surface area (Å²) in [5.41, 5.74) is 1.42. The van der Waals surface area contributed by atoms with Crippen molar-refractivity contribution in [3.05, 3.63) is 54.4 Å². The molecule has 2 aromatic rings. The predicted molar refractivity (Wildman–Crippen MR) is 102 cm³/mol. The van der Waals surface area contributed by atoms with Crippen molar-refractivity contribution in [1.82, 2.24) is 9.88 Å². The summed E-state index contributed by atoms with van der Waals surface area (Å²) < 4.78 is 35.0. The molecule has 8 heteroatoms. The first-order valence-corrected chi connectivity index (χ1v) is 8.82. The van der Waals surface area contributed by atoms with Gasteiger partial charge in [0.05, 0.1) is 7.11 Å².